The van der Waals surface area contributed by atoms with E-state index in [1.54, 1.807) is 11.3 Å². The van der Waals surface area contributed by atoms with Crippen LogP contribution >= 0.6 is 11.3 Å². The maximum atomic E-state index is 12.0. The number of nitrogens with zero attached hydrogens (tertiary/aromatic N) is 2. The summed E-state index contributed by atoms with van der Waals surface area (Å²) in [4.78, 5) is 25.1. The lowest BCUT2D eigenvalue weighted by Gasteiger charge is -2.03. The van der Waals surface area contributed by atoms with Crippen molar-refractivity contribution < 1.29 is 4.79 Å². The van der Waals surface area contributed by atoms with Gasteiger partial charge in [-0.2, -0.15) is 0 Å². The molecule has 0 atom stereocenters. The highest BCUT2D eigenvalue weighted by atomic mass is 32.1. The first-order chi connectivity index (χ1) is 10.6. The maximum Gasteiger partial charge on any atom is 0.225 e. The van der Waals surface area contributed by atoms with Gasteiger partial charge in [0.2, 0.25) is 5.91 Å². The number of benzene rings is 1. The van der Waals surface area contributed by atoms with E-state index in [1.165, 1.54) is 0 Å². The number of aryl methyl sites for hydroxylation is 2. The Bertz CT molecular complexity index is 772. The molecule has 2 N–H and O–H groups in total. The summed E-state index contributed by atoms with van der Waals surface area (Å²) in [5, 5.41) is 3.94. The fourth-order valence-electron chi connectivity index (χ4n) is 2.39. The summed E-state index contributed by atoms with van der Waals surface area (Å²) in [5.41, 5.74) is 2.94. The van der Waals surface area contributed by atoms with Crippen molar-refractivity contribution in [2.75, 3.05) is 6.54 Å². The van der Waals surface area contributed by atoms with E-state index in [4.69, 9.17) is 0 Å². The summed E-state index contributed by atoms with van der Waals surface area (Å²) < 4.78 is 0. The Morgan fingerprint density at radius 2 is 2.09 bits per heavy atom. The molecule has 0 spiro atoms. The first-order valence-corrected chi connectivity index (χ1v) is 8.06. The van der Waals surface area contributed by atoms with Crippen LogP contribution in [0.4, 0.5) is 0 Å². The molecule has 0 aliphatic heterocycles. The van der Waals surface area contributed by atoms with Crippen LogP contribution in [0.25, 0.3) is 11.0 Å². The largest absolute Gasteiger partial charge is 0.355 e. The summed E-state index contributed by atoms with van der Waals surface area (Å²) >= 11 is 1.59. The third-order valence-corrected chi connectivity index (χ3v) is 4.52. The summed E-state index contributed by atoms with van der Waals surface area (Å²) in [7, 11) is 0. The van der Waals surface area contributed by atoms with Crippen molar-refractivity contribution in [3.05, 3.63) is 45.7 Å². The van der Waals surface area contributed by atoms with Gasteiger partial charge < -0.3 is 10.3 Å². The first kappa shape index (κ1) is 14.7. The molecular weight excluding hydrogens is 296 g/mol. The van der Waals surface area contributed by atoms with Crippen molar-refractivity contribution in [1.29, 1.82) is 0 Å². The van der Waals surface area contributed by atoms with Crippen LogP contribution in [0.3, 0.4) is 0 Å². The number of thiazole rings is 1. The molecule has 0 unspecified atom stereocenters. The number of aromatic amines is 1. The minimum Gasteiger partial charge on any atom is -0.355 e. The van der Waals surface area contributed by atoms with Gasteiger partial charge in [-0.25, -0.2) is 9.97 Å². The molecule has 3 aromatic rings. The molecule has 1 aromatic carbocycles. The molecule has 0 bridgehead atoms. The van der Waals surface area contributed by atoms with Gasteiger partial charge in [-0.1, -0.05) is 12.1 Å². The molecule has 5 nitrogen and oxygen atoms in total. The standard InChI is InChI=1S/C16H18N4OS/c1-10-14(22-11(2)18-10)9-16(21)17-8-7-15-19-12-5-3-4-6-13(12)20-15/h3-6H,7-9H2,1-2H3,(H,17,21)(H,19,20). The lowest BCUT2D eigenvalue weighted by molar-refractivity contribution is -0.120. The predicted molar refractivity (Wildman–Crippen MR) is 88.1 cm³/mol. The molecule has 2 heterocycles. The van der Waals surface area contributed by atoms with Gasteiger partial charge in [0, 0.05) is 17.8 Å². The topological polar surface area (TPSA) is 70.7 Å². The monoisotopic (exact) mass is 314 g/mol. The van der Waals surface area contributed by atoms with Gasteiger partial charge in [0.15, 0.2) is 0 Å². The Labute approximate surface area is 132 Å². The SMILES string of the molecule is Cc1nc(C)c(CC(=O)NCCc2nc3ccccc3[nH]2)s1. The Morgan fingerprint density at radius 1 is 1.27 bits per heavy atom. The minimum absolute atomic E-state index is 0.0304. The van der Waals surface area contributed by atoms with E-state index < -0.39 is 0 Å². The van der Waals surface area contributed by atoms with Gasteiger partial charge >= 0.3 is 0 Å². The molecule has 0 saturated heterocycles. The third kappa shape index (κ3) is 3.33. The number of hydrogen-bond donors (Lipinski definition) is 2. The van der Waals surface area contributed by atoms with E-state index in [1.807, 2.05) is 38.1 Å². The molecule has 114 valence electrons. The van der Waals surface area contributed by atoms with Crippen LogP contribution < -0.4 is 5.32 Å². The number of carbonyl (C=O) groups excluding carboxylic acids is 1. The highest BCUT2D eigenvalue weighted by Gasteiger charge is 2.10. The first-order valence-electron chi connectivity index (χ1n) is 7.25. The minimum atomic E-state index is 0.0304. The van der Waals surface area contributed by atoms with Gasteiger partial charge in [-0.15, -0.1) is 11.3 Å². The van der Waals surface area contributed by atoms with E-state index >= 15 is 0 Å². The molecule has 22 heavy (non-hydrogen) atoms. The van der Waals surface area contributed by atoms with Crippen LogP contribution in [0.5, 0.6) is 0 Å². The molecule has 1 amide bonds. The number of fused-ring (bicyclic) bond motifs is 1. The van der Waals surface area contributed by atoms with Crippen molar-refractivity contribution in [2.24, 2.45) is 0 Å². The Kier molecular flexibility index (Phi) is 4.20. The number of para-hydroxylation sites is 2. The smallest absolute Gasteiger partial charge is 0.225 e. The van der Waals surface area contributed by atoms with Gasteiger partial charge in [0.1, 0.15) is 5.82 Å². The van der Waals surface area contributed by atoms with E-state index in [-0.39, 0.29) is 5.91 Å². The van der Waals surface area contributed by atoms with Crippen LogP contribution in [0.15, 0.2) is 24.3 Å². The van der Waals surface area contributed by atoms with Crippen LogP contribution in [0, 0.1) is 13.8 Å². The summed E-state index contributed by atoms with van der Waals surface area (Å²) in [6, 6.07) is 7.92. The normalized spacial score (nSPS) is 11.0. The van der Waals surface area contributed by atoms with E-state index in [9.17, 15) is 4.79 Å². The maximum absolute atomic E-state index is 12.0. The van der Waals surface area contributed by atoms with E-state index in [0.717, 1.165) is 32.4 Å². The third-order valence-electron chi connectivity index (χ3n) is 3.44. The zero-order chi connectivity index (χ0) is 15.5. The average molecular weight is 314 g/mol. The number of rotatable bonds is 5. The second-order valence-electron chi connectivity index (χ2n) is 5.22. The summed E-state index contributed by atoms with van der Waals surface area (Å²) in [5.74, 6) is 0.925. The number of nitrogens with one attached hydrogen (secondary N) is 2. The summed E-state index contributed by atoms with van der Waals surface area (Å²) in [6.07, 6.45) is 1.10. The number of hydrogen-bond acceptors (Lipinski definition) is 4. The molecular formula is C16H18N4OS. The van der Waals surface area contributed by atoms with Crippen molar-refractivity contribution >= 4 is 28.3 Å². The Morgan fingerprint density at radius 3 is 2.82 bits per heavy atom. The quantitative estimate of drug-likeness (QED) is 0.760. The van der Waals surface area contributed by atoms with Gasteiger partial charge in [0.25, 0.3) is 0 Å². The lowest BCUT2D eigenvalue weighted by atomic mass is 10.3. The zero-order valence-corrected chi connectivity index (χ0v) is 13.5. The van der Waals surface area contributed by atoms with Crippen molar-refractivity contribution in [1.82, 2.24) is 20.3 Å². The Hall–Kier alpha value is -2.21. The molecule has 6 heteroatoms. The van der Waals surface area contributed by atoms with Gasteiger partial charge in [-0.3, -0.25) is 4.79 Å². The fraction of sp³-hybridized carbons (Fsp3) is 0.312. The van der Waals surface area contributed by atoms with Gasteiger partial charge in [0.05, 0.1) is 28.2 Å². The highest BCUT2D eigenvalue weighted by Crippen LogP contribution is 2.17. The fourth-order valence-corrected chi connectivity index (χ4v) is 3.33. The molecule has 0 aliphatic rings. The van der Waals surface area contributed by atoms with Crippen molar-refractivity contribution in [3.8, 4) is 0 Å². The number of imidazole rings is 1. The van der Waals surface area contributed by atoms with Crippen molar-refractivity contribution in [3.63, 3.8) is 0 Å². The average Bonchev–Trinajstić information content (AvgIpc) is 3.01. The molecule has 0 aliphatic carbocycles. The summed E-state index contributed by atoms with van der Waals surface area (Å²) in [6.45, 7) is 4.48. The second kappa shape index (κ2) is 6.27. The molecule has 3 rings (SSSR count). The molecule has 2 aromatic heterocycles. The van der Waals surface area contributed by atoms with E-state index in [2.05, 4.69) is 20.3 Å². The van der Waals surface area contributed by atoms with Crippen LogP contribution in [-0.2, 0) is 17.6 Å². The van der Waals surface area contributed by atoms with Crippen LogP contribution in [-0.4, -0.2) is 27.4 Å². The number of carbonyl (C=O) groups is 1. The molecule has 0 radical (unpaired) electrons. The highest BCUT2D eigenvalue weighted by molar-refractivity contribution is 7.11. The lowest BCUT2D eigenvalue weighted by Crippen LogP contribution is -2.27. The Balaban J connectivity index is 1.52. The molecule has 0 fully saturated rings. The van der Waals surface area contributed by atoms with Crippen molar-refractivity contribution in [2.45, 2.75) is 26.7 Å². The number of amides is 1. The number of H-pyrrole nitrogens is 1. The zero-order valence-electron chi connectivity index (χ0n) is 12.6. The second-order valence-corrected chi connectivity index (χ2v) is 6.51. The van der Waals surface area contributed by atoms with Gasteiger partial charge in [-0.05, 0) is 26.0 Å². The number of aromatic nitrogens is 3. The van der Waals surface area contributed by atoms with Crippen LogP contribution in [0.1, 0.15) is 21.4 Å². The predicted octanol–water partition coefficient (Wildman–Crippen LogP) is 2.54. The van der Waals surface area contributed by atoms with Crippen LogP contribution in [0.2, 0.25) is 0 Å². The van der Waals surface area contributed by atoms with E-state index in [0.29, 0.717) is 19.4 Å². The molecule has 0 saturated carbocycles.